The fourth-order valence-electron chi connectivity index (χ4n) is 6.59. The molecule has 3 fully saturated rings. The average Bonchev–Trinajstić information content (AvgIpc) is 3.02. The van der Waals surface area contributed by atoms with Crippen LogP contribution >= 0.6 is 0 Å². The van der Waals surface area contributed by atoms with Gasteiger partial charge in [-0.25, -0.2) is 36.3 Å². The quantitative estimate of drug-likeness (QED) is 0.330. The number of sulfonamides is 1. The number of amides is 1. The molecular formula is C32H45F3N6O5S. The molecule has 3 aliphatic rings. The van der Waals surface area contributed by atoms with Gasteiger partial charge in [0.1, 0.15) is 17.9 Å². The summed E-state index contributed by atoms with van der Waals surface area (Å²) in [5, 5.41) is 0. The predicted octanol–water partition coefficient (Wildman–Crippen LogP) is 4.30. The summed E-state index contributed by atoms with van der Waals surface area (Å²) in [4.78, 5) is 27.8. The summed E-state index contributed by atoms with van der Waals surface area (Å²) in [6.07, 6.45) is 3.57. The zero-order valence-electron chi connectivity index (χ0n) is 27.2. The fraction of sp³-hybridized carbons (Fsp3) is 0.656. The van der Waals surface area contributed by atoms with Crippen molar-refractivity contribution in [1.29, 1.82) is 0 Å². The summed E-state index contributed by atoms with van der Waals surface area (Å²) in [6.45, 7) is 9.53. The van der Waals surface area contributed by atoms with Gasteiger partial charge in [0.05, 0.1) is 30.2 Å². The van der Waals surface area contributed by atoms with Crippen molar-refractivity contribution < 1.29 is 35.9 Å². The van der Waals surface area contributed by atoms with E-state index in [1.54, 1.807) is 20.8 Å². The second kappa shape index (κ2) is 15.0. The Balaban J connectivity index is 1.17. The van der Waals surface area contributed by atoms with E-state index >= 15 is 0 Å². The van der Waals surface area contributed by atoms with Crippen LogP contribution in [0.1, 0.15) is 63.2 Å². The number of nitrogens with one attached hydrogen (secondary N) is 1. The average molecular weight is 683 g/mol. The Bertz CT molecular complexity index is 1480. The summed E-state index contributed by atoms with van der Waals surface area (Å²) in [5.74, 6) is -0.194. The van der Waals surface area contributed by atoms with E-state index in [1.165, 1.54) is 29.6 Å². The second-order valence-electron chi connectivity index (χ2n) is 13.1. The number of benzene rings is 1. The smallest absolute Gasteiger partial charge is 0.257 e. The lowest BCUT2D eigenvalue weighted by molar-refractivity contribution is -0.0299. The Morgan fingerprint density at radius 1 is 1.19 bits per heavy atom. The van der Waals surface area contributed by atoms with Crippen molar-refractivity contribution in [2.24, 2.45) is 5.41 Å². The number of piperidine rings is 1. The summed E-state index contributed by atoms with van der Waals surface area (Å²) in [5.41, 5.74) is 0.0738. The topological polar surface area (TPSA) is 117 Å². The van der Waals surface area contributed by atoms with E-state index < -0.39 is 34.6 Å². The van der Waals surface area contributed by atoms with Crippen LogP contribution in [-0.2, 0) is 14.8 Å². The number of nitrogens with zero attached hydrogens (tertiary/aromatic N) is 5. The lowest BCUT2D eigenvalue weighted by atomic mass is 9.72. The van der Waals surface area contributed by atoms with Crippen LogP contribution in [0.4, 0.5) is 19.0 Å². The number of hydrogen-bond acceptors (Lipinski definition) is 9. The van der Waals surface area contributed by atoms with Gasteiger partial charge in [0.25, 0.3) is 5.91 Å². The minimum absolute atomic E-state index is 0.0602. The van der Waals surface area contributed by atoms with E-state index in [2.05, 4.69) is 24.5 Å². The molecule has 2 aromatic rings. The minimum Gasteiger partial charge on any atom is -0.451 e. The van der Waals surface area contributed by atoms with Gasteiger partial charge in [-0.05, 0) is 77.7 Å². The van der Waals surface area contributed by atoms with Crippen LogP contribution in [0.2, 0.25) is 0 Å². The van der Waals surface area contributed by atoms with Crippen molar-refractivity contribution in [1.82, 2.24) is 24.5 Å². The number of rotatable bonds is 13. The maximum atomic E-state index is 14.3. The van der Waals surface area contributed by atoms with Gasteiger partial charge in [-0.3, -0.25) is 4.79 Å². The maximum absolute atomic E-state index is 14.3. The Morgan fingerprint density at radius 3 is 2.57 bits per heavy atom. The molecule has 1 aromatic heterocycles. The number of carbonyl (C=O) groups is 1. The molecule has 2 atom stereocenters. The van der Waals surface area contributed by atoms with E-state index in [-0.39, 0.29) is 47.2 Å². The number of halogens is 3. The van der Waals surface area contributed by atoms with Crippen molar-refractivity contribution in [3.05, 3.63) is 42.1 Å². The number of anilines is 1. The number of carbonyl (C=O) groups excluding carboxylic acids is 1. The van der Waals surface area contributed by atoms with E-state index in [4.69, 9.17) is 9.47 Å². The van der Waals surface area contributed by atoms with E-state index in [9.17, 15) is 26.4 Å². The van der Waals surface area contributed by atoms with Crippen LogP contribution < -0.4 is 14.4 Å². The monoisotopic (exact) mass is 682 g/mol. The van der Waals surface area contributed by atoms with Crippen LogP contribution in [0, 0.1) is 11.2 Å². The maximum Gasteiger partial charge on any atom is 0.257 e. The highest BCUT2D eigenvalue weighted by Gasteiger charge is 2.46. The first-order chi connectivity index (χ1) is 22.4. The molecule has 0 saturated carbocycles. The normalized spacial score (nSPS) is 21.7. The highest BCUT2D eigenvalue weighted by Crippen LogP contribution is 2.45. The van der Waals surface area contributed by atoms with Gasteiger partial charge in [-0.15, -0.1) is 0 Å². The van der Waals surface area contributed by atoms with E-state index in [0.717, 1.165) is 64.5 Å². The lowest BCUT2D eigenvalue weighted by Crippen LogP contribution is -2.61. The molecule has 4 heterocycles. The highest BCUT2D eigenvalue weighted by atomic mass is 32.2. The molecule has 5 rings (SSSR count). The van der Waals surface area contributed by atoms with Crippen LogP contribution in [0.25, 0.3) is 0 Å². The second-order valence-corrected chi connectivity index (χ2v) is 15.2. The number of ether oxygens (including phenoxy) is 2. The Kier molecular flexibility index (Phi) is 11.3. The minimum atomic E-state index is -3.24. The van der Waals surface area contributed by atoms with Crippen molar-refractivity contribution in [3.63, 3.8) is 0 Å². The van der Waals surface area contributed by atoms with Gasteiger partial charge in [-0.2, -0.15) is 0 Å². The summed E-state index contributed by atoms with van der Waals surface area (Å²) in [7, 11) is -3.24. The van der Waals surface area contributed by atoms with Crippen LogP contribution in [0.15, 0.2) is 30.7 Å². The molecule has 0 aliphatic carbocycles. The van der Waals surface area contributed by atoms with E-state index in [1.807, 2.05) is 0 Å². The number of aromatic nitrogens is 2. The number of alkyl halides is 2. The highest BCUT2D eigenvalue weighted by molar-refractivity contribution is 7.89. The molecule has 1 spiro atoms. The first kappa shape index (κ1) is 35.3. The lowest BCUT2D eigenvalue weighted by Gasteiger charge is -2.54. The molecule has 3 aliphatic heterocycles. The van der Waals surface area contributed by atoms with Crippen molar-refractivity contribution in [3.8, 4) is 11.5 Å². The molecule has 1 N–H and O–H groups in total. The van der Waals surface area contributed by atoms with Gasteiger partial charge < -0.3 is 24.2 Å². The van der Waals surface area contributed by atoms with Crippen molar-refractivity contribution in [2.75, 3.05) is 56.5 Å². The van der Waals surface area contributed by atoms with E-state index in [0.29, 0.717) is 18.2 Å². The molecule has 0 bridgehead atoms. The molecule has 3 saturated heterocycles. The van der Waals surface area contributed by atoms with Crippen LogP contribution in [0.3, 0.4) is 0 Å². The van der Waals surface area contributed by atoms with Crippen LogP contribution in [-0.4, -0.2) is 110 Å². The van der Waals surface area contributed by atoms with Crippen LogP contribution in [0.5, 0.6) is 11.5 Å². The summed E-state index contributed by atoms with van der Waals surface area (Å²) >= 11 is 0. The predicted molar refractivity (Wildman–Crippen MR) is 171 cm³/mol. The number of hydrogen-bond donors (Lipinski definition) is 1. The zero-order chi connectivity index (χ0) is 33.8. The summed E-state index contributed by atoms with van der Waals surface area (Å²) in [6, 6.07) is 3.06. The molecule has 47 heavy (non-hydrogen) atoms. The van der Waals surface area contributed by atoms with Gasteiger partial charge in [0.15, 0.2) is 11.6 Å². The molecule has 0 unspecified atom stereocenters. The standard InChI is InChI=1S/C32H45F3N6O5S/c1-4-47(43,44)38-24-6-7-25(45-18-24)17-39-13-10-32(11-14-39)19-40(20-32)30-28(16-36-21-37-30)46-27-8-5-23(33)15-26(27)31(42)41(22(2)3)12-9-29(34)35/h5,8,15-16,21-22,24-25,29,38H,4,6-7,9-14,17-20H2,1-3H3/t24-,25+/m1/s1. The number of likely N-dealkylation sites (tertiary alicyclic amines) is 1. The molecule has 0 radical (unpaired) electrons. The summed E-state index contributed by atoms with van der Waals surface area (Å²) < 4.78 is 78.9. The van der Waals surface area contributed by atoms with Crippen molar-refractivity contribution in [2.45, 2.75) is 77.5 Å². The molecule has 11 nitrogen and oxygen atoms in total. The molecule has 1 aromatic carbocycles. The van der Waals surface area contributed by atoms with Gasteiger partial charge in [0.2, 0.25) is 16.4 Å². The molecular weight excluding hydrogens is 637 g/mol. The Hall–Kier alpha value is -3.01. The largest absolute Gasteiger partial charge is 0.451 e. The zero-order valence-corrected chi connectivity index (χ0v) is 28.0. The van der Waals surface area contributed by atoms with Crippen molar-refractivity contribution >= 4 is 21.7 Å². The third-order valence-electron chi connectivity index (χ3n) is 9.35. The first-order valence-corrected chi connectivity index (χ1v) is 18.0. The SMILES string of the molecule is CCS(=O)(=O)N[C@@H]1CC[C@@H](CN2CCC3(CC2)CN(c2ncncc2Oc2ccc(F)cc2C(=O)N(CCC(F)F)C(C)C)C3)OC1. The Labute approximate surface area is 274 Å². The molecule has 15 heteroatoms. The Morgan fingerprint density at radius 2 is 1.94 bits per heavy atom. The van der Waals surface area contributed by atoms with Gasteiger partial charge in [-0.1, -0.05) is 0 Å². The van der Waals surface area contributed by atoms with Gasteiger partial charge in [0, 0.05) is 50.1 Å². The third kappa shape index (κ3) is 8.92. The molecule has 260 valence electrons. The first-order valence-electron chi connectivity index (χ1n) is 16.3. The van der Waals surface area contributed by atoms with Gasteiger partial charge >= 0.3 is 0 Å². The fourth-order valence-corrected chi connectivity index (χ4v) is 7.45. The third-order valence-corrected chi connectivity index (χ3v) is 10.8. The molecule has 1 amide bonds.